The molecule has 0 bridgehead atoms. The summed E-state index contributed by atoms with van der Waals surface area (Å²) in [6, 6.07) is 4.89. The third kappa shape index (κ3) is 4.43. The summed E-state index contributed by atoms with van der Waals surface area (Å²) in [6.07, 6.45) is 0.675. The zero-order valence-corrected chi connectivity index (χ0v) is 15.6. The zero-order chi connectivity index (χ0) is 18.0. The first-order valence-electron chi connectivity index (χ1n) is 8.31. The molecule has 25 heavy (non-hydrogen) atoms. The lowest BCUT2D eigenvalue weighted by Crippen LogP contribution is -2.32. The molecule has 3 rings (SSSR count). The maximum absolute atomic E-state index is 14.6. The van der Waals surface area contributed by atoms with E-state index in [4.69, 9.17) is 17.0 Å². The number of carbonyl (C=O) groups is 1. The van der Waals surface area contributed by atoms with Crippen LogP contribution in [0.5, 0.6) is 0 Å². The lowest BCUT2D eigenvalue weighted by molar-refractivity contribution is 0.143. The van der Waals surface area contributed by atoms with Crippen molar-refractivity contribution in [3.05, 3.63) is 29.6 Å². The molecule has 0 saturated carbocycles. The van der Waals surface area contributed by atoms with Gasteiger partial charge in [0, 0.05) is 0 Å². The molecule has 2 aliphatic heterocycles. The van der Waals surface area contributed by atoms with Crippen LogP contribution in [0.1, 0.15) is 31.2 Å². The molecule has 0 aliphatic carbocycles. The van der Waals surface area contributed by atoms with Crippen molar-refractivity contribution in [2.45, 2.75) is 31.8 Å². The van der Waals surface area contributed by atoms with Gasteiger partial charge in [-0.2, -0.15) is 0 Å². The zero-order valence-electron chi connectivity index (χ0n) is 14.0. The van der Waals surface area contributed by atoms with Crippen LogP contribution in [0.25, 0.3) is 0 Å². The van der Waals surface area contributed by atoms with E-state index < -0.39 is 17.3 Å². The Bertz CT molecular complexity index is 665. The average molecular weight is 384 g/mol. The van der Waals surface area contributed by atoms with Crippen molar-refractivity contribution in [2.75, 3.05) is 29.5 Å². The highest BCUT2D eigenvalue weighted by Gasteiger charge is 2.33. The number of hydrogen-bond acceptors (Lipinski definition) is 4. The topological polar surface area (TPSA) is 64.6 Å². The van der Waals surface area contributed by atoms with Gasteiger partial charge in [0.15, 0.2) is 0 Å². The predicted octanol–water partition coefficient (Wildman–Crippen LogP) is 2.71. The minimum absolute atomic E-state index is 0.0970. The van der Waals surface area contributed by atoms with Crippen molar-refractivity contribution in [2.24, 2.45) is 0 Å². The second-order valence-corrected chi connectivity index (χ2v) is 8.69. The monoisotopic (exact) mass is 384 g/mol. The Labute approximate surface area is 155 Å². The van der Waals surface area contributed by atoms with E-state index in [0.717, 1.165) is 12.8 Å². The smallest absolute Gasteiger partial charge is 0.414 e. The van der Waals surface area contributed by atoms with Crippen molar-refractivity contribution >= 4 is 40.2 Å². The second-order valence-electron chi connectivity index (χ2n) is 6.38. The van der Waals surface area contributed by atoms with E-state index in [9.17, 15) is 13.7 Å². The molecular formula is C17H21FN2O3S2. The van der Waals surface area contributed by atoms with E-state index in [-0.39, 0.29) is 17.8 Å². The summed E-state index contributed by atoms with van der Waals surface area (Å²) in [5, 5.41) is 2.98. The fourth-order valence-corrected chi connectivity index (χ4v) is 4.60. The van der Waals surface area contributed by atoms with Crippen molar-refractivity contribution in [1.82, 2.24) is 5.32 Å². The number of cyclic esters (lactones) is 1. The van der Waals surface area contributed by atoms with Gasteiger partial charge >= 0.3 is 6.09 Å². The molecule has 0 radical (unpaired) electrons. The minimum atomic E-state index is -0.769. The van der Waals surface area contributed by atoms with E-state index in [2.05, 4.69) is 5.32 Å². The molecule has 8 heteroatoms. The fourth-order valence-electron chi connectivity index (χ4n) is 3.22. The van der Waals surface area contributed by atoms with Crippen LogP contribution in [0.15, 0.2) is 18.2 Å². The van der Waals surface area contributed by atoms with Crippen LogP contribution in [-0.4, -0.2) is 46.3 Å². The molecule has 1 amide bonds. The highest BCUT2D eigenvalue weighted by atomic mass is 32.2. The molecule has 0 unspecified atom stereocenters. The number of hydrogen-bond donors (Lipinski definition) is 1. The van der Waals surface area contributed by atoms with Gasteiger partial charge in [-0.15, -0.1) is 0 Å². The average Bonchev–Trinajstić information content (AvgIpc) is 2.95. The summed E-state index contributed by atoms with van der Waals surface area (Å²) in [7, 11) is 0. The summed E-state index contributed by atoms with van der Waals surface area (Å²) in [5.74, 6) is 1.02. The SMILES string of the molecule is CC(=S)NC[C@H]1CN(c2ccc([C@H]3CC[S@@+]([O-])CC3)c(F)c2)C(=O)O1. The Morgan fingerprint density at radius 1 is 1.48 bits per heavy atom. The minimum Gasteiger partial charge on any atom is -0.616 e. The van der Waals surface area contributed by atoms with Gasteiger partial charge in [-0.3, -0.25) is 4.90 Å². The van der Waals surface area contributed by atoms with E-state index >= 15 is 0 Å². The molecule has 2 saturated heterocycles. The summed E-state index contributed by atoms with van der Waals surface area (Å²) in [6.45, 7) is 2.56. The van der Waals surface area contributed by atoms with Crippen molar-refractivity contribution in [3.8, 4) is 0 Å². The standard InChI is InChI=1S/C17H21FN2O3S2/c1-11(24)19-9-14-10-20(17(21)23-14)13-2-3-15(16(18)8-13)12-4-6-25(22)7-5-12/h2-3,8,12,14H,4-7,9-10H2,1H3,(H,19,24)/t12-,14-,25+/m0/s1. The van der Waals surface area contributed by atoms with Crippen molar-refractivity contribution in [3.63, 3.8) is 0 Å². The lowest BCUT2D eigenvalue weighted by Gasteiger charge is -2.25. The van der Waals surface area contributed by atoms with Crippen LogP contribution in [0.2, 0.25) is 0 Å². The number of rotatable bonds is 4. The first-order valence-corrected chi connectivity index (χ1v) is 10.2. The van der Waals surface area contributed by atoms with Crippen LogP contribution >= 0.6 is 12.2 Å². The highest BCUT2D eigenvalue weighted by molar-refractivity contribution is 7.91. The summed E-state index contributed by atoms with van der Waals surface area (Å²) in [5.41, 5.74) is 1.13. The van der Waals surface area contributed by atoms with Gasteiger partial charge in [0.1, 0.15) is 23.4 Å². The number of thiocarbonyl (C=S) groups is 1. The van der Waals surface area contributed by atoms with E-state index in [0.29, 0.717) is 40.8 Å². The van der Waals surface area contributed by atoms with E-state index in [1.807, 2.05) is 0 Å². The number of nitrogens with zero attached hydrogens (tertiary/aromatic N) is 1. The summed E-state index contributed by atoms with van der Waals surface area (Å²) >= 11 is 4.18. The number of carbonyl (C=O) groups excluding carboxylic acids is 1. The van der Waals surface area contributed by atoms with E-state index in [1.165, 1.54) is 11.0 Å². The van der Waals surface area contributed by atoms with E-state index in [1.54, 1.807) is 19.1 Å². The third-order valence-corrected chi connectivity index (χ3v) is 6.10. The Kier molecular flexibility index (Phi) is 5.81. The molecule has 1 aromatic carbocycles. The number of ether oxygens (including phenoxy) is 1. The third-order valence-electron chi connectivity index (χ3n) is 4.58. The maximum Gasteiger partial charge on any atom is 0.414 e. The van der Waals surface area contributed by atoms with Crippen LogP contribution in [0, 0.1) is 5.82 Å². The number of benzene rings is 1. The largest absolute Gasteiger partial charge is 0.616 e. The molecular weight excluding hydrogens is 363 g/mol. The van der Waals surface area contributed by atoms with Gasteiger partial charge < -0.3 is 14.6 Å². The Morgan fingerprint density at radius 2 is 2.20 bits per heavy atom. The second kappa shape index (κ2) is 7.88. The highest BCUT2D eigenvalue weighted by Crippen LogP contribution is 2.33. The van der Waals surface area contributed by atoms with Gasteiger partial charge in [0.05, 0.1) is 23.8 Å². The van der Waals surface area contributed by atoms with Crippen molar-refractivity contribution in [1.29, 1.82) is 0 Å². The normalized spacial score (nSPS) is 26.4. The molecule has 1 atom stereocenters. The summed E-state index contributed by atoms with van der Waals surface area (Å²) in [4.78, 5) is 14.1. The molecule has 0 spiro atoms. The number of anilines is 1. The maximum atomic E-state index is 14.6. The summed E-state index contributed by atoms with van der Waals surface area (Å²) < 4.78 is 31.3. The number of halogens is 1. The van der Waals surface area contributed by atoms with Gasteiger partial charge in [-0.05, 0) is 43.4 Å². The van der Waals surface area contributed by atoms with Crippen LogP contribution in [0.3, 0.4) is 0 Å². The fraction of sp³-hybridized carbons (Fsp3) is 0.529. The van der Waals surface area contributed by atoms with Crippen molar-refractivity contribution < 1.29 is 18.5 Å². The van der Waals surface area contributed by atoms with Crippen LogP contribution in [0.4, 0.5) is 14.9 Å². The molecule has 0 aromatic heterocycles. The quantitative estimate of drug-likeness (QED) is 0.639. The Balaban J connectivity index is 1.68. The van der Waals surface area contributed by atoms with Gasteiger partial charge in [0.25, 0.3) is 0 Å². The number of nitrogens with one attached hydrogen (secondary N) is 1. The lowest BCUT2D eigenvalue weighted by atomic mass is 9.93. The molecule has 1 N–H and O–H groups in total. The predicted molar refractivity (Wildman–Crippen MR) is 100 cm³/mol. The Hall–Kier alpha value is -1.38. The molecule has 2 heterocycles. The number of amides is 1. The first kappa shape index (κ1) is 18.4. The molecule has 2 aliphatic rings. The molecule has 136 valence electrons. The van der Waals surface area contributed by atoms with Gasteiger partial charge in [-0.1, -0.05) is 29.5 Å². The van der Waals surface area contributed by atoms with Crippen LogP contribution in [-0.2, 0) is 15.9 Å². The van der Waals surface area contributed by atoms with Gasteiger partial charge in [0.2, 0.25) is 0 Å². The van der Waals surface area contributed by atoms with Gasteiger partial charge in [-0.25, -0.2) is 9.18 Å². The first-order chi connectivity index (χ1) is 11.9. The molecule has 5 nitrogen and oxygen atoms in total. The molecule has 2 fully saturated rings. The molecule has 1 aromatic rings. The van der Waals surface area contributed by atoms with Crippen LogP contribution < -0.4 is 10.2 Å². The Morgan fingerprint density at radius 3 is 2.84 bits per heavy atom.